The zero-order valence-electron chi connectivity index (χ0n) is 15.2. The topological polar surface area (TPSA) is 106 Å². The highest BCUT2D eigenvalue weighted by Crippen LogP contribution is 2.32. The molecule has 0 saturated heterocycles. The molecule has 8 nitrogen and oxygen atoms in total. The Labute approximate surface area is 156 Å². The summed E-state index contributed by atoms with van der Waals surface area (Å²) in [5.74, 6) is -1.13. The van der Waals surface area contributed by atoms with E-state index in [9.17, 15) is 14.7 Å². The molecule has 0 heterocycles. The SMILES string of the molecule is CCOC(=O)c1ccc(NN=Cc2ccc(OC)c(OC)c2C(=O)O)cc1. The van der Waals surface area contributed by atoms with Crippen LogP contribution in [0, 0.1) is 0 Å². The molecule has 0 amide bonds. The van der Waals surface area contributed by atoms with Gasteiger partial charge in [-0.3, -0.25) is 5.43 Å². The van der Waals surface area contributed by atoms with Crippen LogP contribution in [0.5, 0.6) is 11.5 Å². The molecule has 2 N–H and O–H groups in total. The number of hydrazone groups is 1. The molecule has 2 rings (SSSR count). The summed E-state index contributed by atoms with van der Waals surface area (Å²) < 4.78 is 15.2. The van der Waals surface area contributed by atoms with E-state index in [1.165, 1.54) is 20.4 Å². The van der Waals surface area contributed by atoms with Gasteiger partial charge in [-0.05, 0) is 43.3 Å². The fourth-order valence-electron chi connectivity index (χ4n) is 2.34. The van der Waals surface area contributed by atoms with Crippen LogP contribution < -0.4 is 14.9 Å². The van der Waals surface area contributed by atoms with Gasteiger partial charge in [-0.25, -0.2) is 9.59 Å². The third kappa shape index (κ3) is 4.75. The van der Waals surface area contributed by atoms with Crippen LogP contribution in [-0.4, -0.2) is 44.1 Å². The van der Waals surface area contributed by atoms with Gasteiger partial charge in [0.2, 0.25) is 0 Å². The monoisotopic (exact) mass is 372 g/mol. The third-order valence-electron chi connectivity index (χ3n) is 3.59. The fourth-order valence-corrected chi connectivity index (χ4v) is 2.34. The van der Waals surface area contributed by atoms with Crippen molar-refractivity contribution < 1.29 is 28.9 Å². The molecule has 0 aromatic heterocycles. The van der Waals surface area contributed by atoms with Crippen molar-refractivity contribution in [3.63, 3.8) is 0 Å². The van der Waals surface area contributed by atoms with Gasteiger partial charge in [-0.2, -0.15) is 5.10 Å². The lowest BCUT2D eigenvalue weighted by atomic mass is 10.1. The summed E-state index contributed by atoms with van der Waals surface area (Å²) in [7, 11) is 2.80. The molecular formula is C19H20N2O6. The first-order chi connectivity index (χ1) is 13.0. The Morgan fingerprint density at radius 3 is 2.37 bits per heavy atom. The van der Waals surface area contributed by atoms with Crippen LogP contribution >= 0.6 is 0 Å². The molecule has 27 heavy (non-hydrogen) atoms. The Hall–Kier alpha value is -3.55. The van der Waals surface area contributed by atoms with E-state index in [-0.39, 0.29) is 11.3 Å². The first kappa shape index (κ1) is 19.8. The number of hydrogen-bond donors (Lipinski definition) is 2. The van der Waals surface area contributed by atoms with Crippen LogP contribution in [0.4, 0.5) is 5.69 Å². The molecule has 0 radical (unpaired) electrons. The Kier molecular flexibility index (Phi) is 6.76. The smallest absolute Gasteiger partial charge is 0.340 e. The lowest BCUT2D eigenvalue weighted by Gasteiger charge is -2.12. The number of carbonyl (C=O) groups excluding carboxylic acids is 1. The second-order valence-electron chi connectivity index (χ2n) is 5.24. The first-order valence-electron chi connectivity index (χ1n) is 8.06. The lowest BCUT2D eigenvalue weighted by molar-refractivity contribution is 0.0526. The van der Waals surface area contributed by atoms with Crippen LogP contribution in [0.15, 0.2) is 41.5 Å². The second kappa shape index (κ2) is 9.23. The predicted molar refractivity (Wildman–Crippen MR) is 100 cm³/mol. The van der Waals surface area contributed by atoms with Crippen molar-refractivity contribution in [1.29, 1.82) is 0 Å². The number of benzene rings is 2. The number of ether oxygens (including phenoxy) is 3. The molecule has 0 fully saturated rings. The minimum Gasteiger partial charge on any atom is -0.493 e. The van der Waals surface area contributed by atoms with Crippen LogP contribution in [0.3, 0.4) is 0 Å². The van der Waals surface area contributed by atoms with Gasteiger partial charge in [0, 0.05) is 5.56 Å². The van der Waals surface area contributed by atoms with Crippen molar-refractivity contribution >= 4 is 23.8 Å². The summed E-state index contributed by atoms with van der Waals surface area (Å²) in [4.78, 5) is 23.2. The largest absolute Gasteiger partial charge is 0.493 e. The van der Waals surface area contributed by atoms with Crippen molar-refractivity contribution in [2.45, 2.75) is 6.92 Å². The number of carboxylic acids is 1. The van der Waals surface area contributed by atoms with E-state index in [1.54, 1.807) is 43.3 Å². The normalized spacial score (nSPS) is 10.5. The predicted octanol–water partition coefficient (Wildman–Crippen LogP) is 3.02. The highest BCUT2D eigenvalue weighted by molar-refractivity contribution is 6.02. The summed E-state index contributed by atoms with van der Waals surface area (Å²) in [6.07, 6.45) is 1.37. The highest BCUT2D eigenvalue weighted by Gasteiger charge is 2.20. The molecule has 0 aliphatic rings. The number of anilines is 1. The van der Waals surface area contributed by atoms with Crippen LogP contribution in [-0.2, 0) is 4.74 Å². The number of esters is 1. The van der Waals surface area contributed by atoms with Crippen LogP contribution in [0.25, 0.3) is 0 Å². The van der Waals surface area contributed by atoms with Crippen LogP contribution in [0.1, 0.15) is 33.2 Å². The summed E-state index contributed by atoms with van der Waals surface area (Å²) >= 11 is 0. The van der Waals surface area contributed by atoms with E-state index in [0.717, 1.165) is 0 Å². The molecule has 0 aliphatic carbocycles. The standard InChI is InChI=1S/C19H20N2O6/c1-4-27-19(24)12-5-8-14(9-6-12)21-20-11-13-7-10-15(25-2)17(26-3)16(13)18(22)23/h5-11,21H,4H2,1-3H3,(H,22,23). The molecule has 0 unspecified atom stereocenters. The van der Waals surface area contributed by atoms with Gasteiger partial charge in [-0.1, -0.05) is 0 Å². The van der Waals surface area contributed by atoms with E-state index in [0.29, 0.717) is 29.2 Å². The lowest BCUT2D eigenvalue weighted by Crippen LogP contribution is -2.07. The van der Waals surface area contributed by atoms with Crippen molar-refractivity contribution in [2.75, 3.05) is 26.3 Å². The van der Waals surface area contributed by atoms with Gasteiger partial charge in [0.15, 0.2) is 11.5 Å². The maximum absolute atomic E-state index is 11.6. The molecule has 142 valence electrons. The van der Waals surface area contributed by atoms with Crippen molar-refractivity contribution in [1.82, 2.24) is 0 Å². The van der Waals surface area contributed by atoms with E-state index < -0.39 is 11.9 Å². The van der Waals surface area contributed by atoms with E-state index in [1.807, 2.05) is 0 Å². The van der Waals surface area contributed by atoms with Crippen molar-refractivity contribution in [3.05, 3.63) is 53.1 Å². The minimum absolute atomic E-state index is 0.0555. The quantitative estimate of drug-likeness (QED) is 0.417. The van der Waals surface area contributed by atoms with Crippen LogP contribution in [0.2, 0.25) is 0 Å². The highest BCUT2D eigenvalue weighted by atomic mass is 16.5. The molecule has 0 saturated carbocycles. The van der Waals surface area contributed by atoms with Gasteiger partial charge < -0.3 is 19.3 Å². The zero-order chi connectivity index (χ0) is 19.8. The molecule has 2 aromatic carbocycles. The number of carboxylic acid groups (broad SMARTS) is 1. The number of rotatable bonds is 8. The van der Waals surface area contributed by atoms with E-state index >= 15 is 0 Å². The van der Waals surface area contributed by atoms with Crippen molar-refractivity contribution in [2.24, 2.45) is 5.10 Å². The van der Waals surface area contributed by atoms with Gasteiger partial charge >= 0.3 is 11.9 Å². The summed E-state index contributed by atoms with van der Waals surface area (Å²) in [6, 6.07) is 9.71. The third-order valence-corrected chi connectivity index (χ3v) is 3.59. The molecule has 8 heteroatoms. The Bertz CT molecular complexity index is 846. The summed E-state index contributed by atoms with van der Waals surface area (Å²) in [5.41, 5.74) is 4.12. The Morgan fingerprint density at radius 1 is 1.11 bits per heavy atom. The minimum atomic E-state index is -1.16. The van der Waals surface area contributed by atoms with E-state index in [4.69, 9.17) is 14.2 Å². The number of nitrogens with zero attached hydrogens (tertiary/aromatic N) is 1. The average molecular weight is 372 g/mol. The summed E-state index contributed by atoms with van der Waals surface area (Å²) in [5, 5.41) is 13.5. The summed E-state index contributed by atoms with van der Waals surface area (Å²) in [6.45, 7) is 2.04. The van der Waals surface area contributed by atoms with Gasteiger partial charge in [0.25, 0.3) is 0 Å². The molecule has 2 aromatic rings. The van der Waals surface area contributed by atoms with Gasteiger partial charge in [-0.15, -0.1) is 0 Å². The maximum Gasteiger partial charge on any atom is 0.340 e. The average Bonchev–Trinajstić information content (AvgIpc) is 2.67. The molecule has 0 spiro atoms. The Balaban J connectivity index is 2.19. The second-order valence-corrected chi connectivity index (χ2v) is 5.24. The number of aromatic carboxylic acids is 1. The van der Waals surface area contributed by atoms with Gasteiger partial charge in [0.1, 0.15) is 5.56 Å². The van der Waals surface area contributed by atoms with Gasteiger partial charge in [0.05, 0.1) is 38.3 Å². The fraction of sp³-hybridized carbons (Fsp3) is 0.211. The number of hydrogen-bond acceptors (Lipinski definition) is 7. The van der Waals surface area contributed by atoms with Crippen molar-refractivity contribution in [3.8, 4) is 11.5 Å². The van der Waals surface area contributed by atoms with E-state index in [2.05, 4.69) is 10.5 Å². The Morgan fingerprint density at radius 2 is 1.81 bits per heavy atom. The molecule has 0 bridgehead atoms. The molecule has 0 aliphatic heterocycles. The maximum atomic E-state index is 11.6. The number of nitrogens with one attached hydrogen (secondary N) is 1. The number of methoxy groups -OCH3 is 2. The zero-order valence-corrected chi connectivity index (χ0v) is 15.2. The molecule has 0 atom stereocenters. The number of carbonyl (C=O) groups is 2. The first-order valence-corrected chi connectivity index (χ1v) is 8.06. The molecular weight excluding hydrogens is 352 g/mol.